The van der Waals surface area contributed by atoms with Gasteiger partial charge in [-0.1, -0.05) is 20.4 Å². The molecule has 12 nitrogen and oxygen atoms in total. The van der Waals surface area contributed by atoms with Gasteiger partial charge in [-0.15, -0.1) is 0 Å². The van der Waals surface area contributed by atoms with Crippen molar-refractivity contribution in [2.24, 2.45) is 22.7 Å². The number of methoxy groups -OCH3 is 1. The SMILES string of the molecule is C=C1C[C@@H]2CC[C@]34C[C@@H](O)[C@H](O3)C3O[C@H]5CC[C@@H]6CC(=O)C[C@@H]7[C@@H](OC)[C@@H](C[C@H]8CO8)O[C@H]7C[C@H]7O[C@@H](CC[C@@H]1O2)C[C@@H](C)/C7=N\[C@@]5(O6)[C@H](O4)[C@@H]3C. The zero-order chi connectivity index (χ0) is 35.5. The molecule has 11 heterocycles. The quantitative estimate of drug-likeness (QED) is 0.334. The number of carbonyl (C=O) groups excluding carboxylic acids is 1. The van der Waals surface area contributed by atoms with Crippen LogP contribution in [0, 0.1) is 17.8 Å². The predicted molar refractivity (Wildman–Crippen MR) is 185 cm³/mol. The van der Waals surface area contributed by atoms with Gasteiger partial charge in [0.1, 0.15) is 24.1 Å². The van der Waals surface area contributed by atoms with Crippen LogP contribution in [-0.4, -0.2) is 127 Å². The van der Waals surface area contributed by atoms with Crippen molar-refractivity contribution < 1.29 is 52.5 Å². The average Bonchev–Trinajstić information content (AvgIpc) is 3.67. The van der Waals surface area contributed by atoms with E-state index < -0.39 is 35.9 Å². The number of rotatable bonds is 3. The minimum Gasteiger partial charge on any atom is -0.390 e. The van der Waals surface area contributed by atoms with Crippen LogP contribution >= 0.6 is 0 Å². The van der Waals surface area contributed by atoms with Gasteiger partial charge >= 0.3 is 0 Å². The number of nitrogens with zero attached hydrogens (tertiary/aromatic N) is 1. The van der Waals surface area contributed by atoms with Crippen molar-refractivity contribution in [1.82, 2.24) is 0 Å². The summed E-state index contributed by atoms with van der Waals surface area (Å²) >= 11 is 0. The number of aliphatic hydroxyl groups excluding tert-OH is 1. The summed E-state index contributed by atoms with van der Waals surface area (Å²) in [7, 11) is 1.73. The van der Waals surface area contributed by atoms with E-state index in [9.17, 15) is 9.90 Å². The fourth-order valence-corrected chi connectivity index (χ4v) is 11.8. The summed E-state index contributed by atoms with van der Waals surface area (Å²) in [4.78, 5) is 19.9. The van der Waals surface area contributed by atoms with Gasteiger partial charge in [0.05, 0.1) is 73.8 Å². The molecule has 288 valence electrons. The zero-order valence-electron chi connectivity index (χ0n) is 30.9. The first-order chi connectivity index (χ1) is 25.1. The van der Waals surface area contributed by atoms with Gasteiger partial charge in [-0.25, -0.2) is 0 Å². The van der Waals surface area contributed by atoms with Crippen molar-refractivity contribution in [2.75, 3.05) is 13.7 Å². The number of ether oxygens (including phenoxy) is 9. The van der Waals surface area contributed by atoms with Crippen LogP contribution in [0.4, 0.5) is 0 Å². The largest absolute Gasteiger partial charge is 0.390 e. The number of Topliss-reactive ketones (excluding diaryl/α,β-unsaturated/α-hetero) is 1. The number of carbonyl (C=O) groups is 1. The van der Waals surface area contributed by atoms with Crippen LogP contribution in [0.3, 0.4) is 0 Å². The van der Waals surface area contributed by atoms with Gasteiger partial charge in [0.15, 0.2) is 5.79 Å². The molecule has 0 aromatic heterocycles. The summed E-state index contributed by atoms with van der Waals surface area (Å²) < 4.78 is 60.8. The Morgan fingerprint density at radius 3 is 2.56 bits per heavy atom. The van der Waals surface area contributed by atoms with Gasteiger partial charge in [0.25, 0.3) is 0 Å². The number of aliphatic imine (C=N–C) groups is 1. The highest BCUT2D eigenvalue weighted by Gasteiger charge is 2.68. The van der Waals surface area contributed by atoms with Gasteiger partial charge in [0.2, 0.25) is 5.72 Å². The normalized spacial score (nSPS) is 56.5. The molecular formula is C40H57NO11. The summed E-state index contributed by atoms with van der Waals surface area (Å²) in [6.07, 6.45) is 4.48. The molecule has 11 aliphatic heterocycles. The van der Waals surface area contributed by atoms with E-state index in [-0.39, 0.29) is 91.0 Å². The molecule has 1 unspecified atom stereocenters. The second kappa shape index (κ2) is 13.1. The standard InChI is InChI=1S/C40H57NO11/c1-19-11-24-9-10-39-17-28(43)37(51-39)35-21(3)38(52-39)40-33(49-35)8-6-25(50-40)13-22(42)14-27-30(48-32(36(27)44-4)15-26-18-45-26)16-31-34(41-40)20(2)12-23(47-31)5-7-29(19)46-24/h20-21,23-33,35-38,43H,1,5-18H2,2-4H3/b41-34+/t20-,21-,23+,24+,25-,26+,27+,28-,29+,30+,31-,32-,33+,35?,36-,37+,38-,39+,40+/m1/s1. The Labute approximate surface area is 306 Å². The fraction of sp³-hybridized carbons (Fsp3) is 0.900. The van der Waals surface area contributed by atoms with Crippen molar-refractivity contribution in [2.45, 2.75) is 194 Å². The van der Waals surface area contributed by atoms with Crippen molar-refractivity contribution in [1.29, 1.82) is 0 Å². The highest BCUT2D eigenvalue weighted by Crippen LogP contribution is 2.55. The van der Waals surface area contributed by atoms with E-state index in [1.165, 1.54) is 0 Å². The van der Waals surface area contributed by atoms with E-state index in [2.05, 4.69) is 20.4 Å². The second-order valence-corrected chi connectivity index (χ2v) is 17.9. The smallest absolute Gasteiger partial charge is 0.212 e. The summed E-state index contributed by atoms with van der Waals surface area (Å²) in [5, 5.41) is 11.4. The average molecular weight is 728 g/mol. The van der Waals surface area contributed by atoms with Gasteiger partial charge in [-0.2, -0.15) is 0 Å². The number of epoxide rings is 1. The Hall–Kier alpha value is -1.32. The molecule has 1 N–H and O–H groups in total. The number of hydrogen-bond donors (Lipinski definition) is 1. The van der Waals surface area contributed by atoms with Crippen LogP contribution in [0.5, 0.6) is 0 Å². The molecule has 11 rings (SSSR count). The highest BCUT2D eigenvalue weighted by molar-refractivity contribution is 5.92. The van der Waals surface area contributed by atoms with Crippen LogP contribution in [0.15, 0.2) is 17.1 Å². The van der Waals surface area contributed by atoms with E-state index in [1.807, 2.05) is 0 Å². The molecule has 0 saturated carbocycles. The topological polar surface area (TPSA) is 136 Å². The lowest BCUT2D eigenvalue weighted by Crippen LogP contribution is -2.69. The minimum absolute atomic E-state index is 0.00287. The zero-order valence-corrected chi connectivity index (χ0v) is 30.9. The number of ketones is 1. The third kappa shape index (κ3) is 5.92. The number of aliphatic hydroxyl groups is 1. The molecule has 0 aromatic carbocycles. The molecule has 0 aliphatic carbocycles. The lowest BCUT2D eigenvalue weighted by Gasteiger charge is -2.56. The number of fused-ring (bicyclic) bond motifs is 8. The summed E-state index contributed by atoms with van der Waals surface area (Å²) in [6.45, 7) is 9.55. The van der Waals surface area contributed by atoms with Crippen molar-refractivity contribution >= 4 is 11.5 Å². The molecule has 11 bridgehead atoms. The molecule has 8 saturated heterocycles. The van der Waals surface area contributed by atoms with E-state index in [0.717, 1.165) is 56.4 Å². The first-order valence-corrected chi connectivity index (χ1v) is 20.4. The van der Waals surface area contributed by atoms with Crippen molar-refractivity contribution in [3.8, 4) is 0 Å². The van der Waals surface area contributed by atoms with Gasteiger partial charge in [0, 0.05) is 63.2 Å². The third-order valence-corrected chi connectivity index (χ3v) is 14.4. The van der Waals surface area contributed by atoms with Gasteiger partial charge < -0.3 is 47.7 Å². The molecule has 0 aromatic rings. The maximum absolute atomic E-state index is 14.1. The summed E-state index contributed by atoms with van der Waals surface area (Å²) in [5.41, 5.74) is 0.874. The Morgan fingerprint density at radius 2 is 1.73 bits per heavy atom. The summed E-state index contributed by atoms with van der Waals surface area (Å²) in [6, 6.07) is 0. The molecule has 52 heavy (non-hydrogen) atoms. The number of hydrogen-bond acceptors (Lipinski definition) is 12. The van der Waals surface area contributed by atoms with Crippen LogP contribution in [-0.2, 0) is 47.4 Å². The molecular weight excluding hydrogens is 670 g/mol. The van der Waals surface area contributed by atoms with E-state index in [4.69, 9.17) is 47.6 Å². The van der Waals surface area contributed by atoms with Crippen LogP contribution in [0.25, 0.3) is 0 Å². The van der Waals surface area contributed by atoms with E-state index in [0.29, 0.717) is 38.5 Å². The summed E-state index contributed by atoms with van der Waals surface area (Å²) in [5.74, 6) is -1.11. The monoisotopic (exact) mass is 727 g/mol. The van der Waals surface area contributed by atoms with Crippen molar-refractivity contribution in [3.63, 3.8) is 0 Å². The minimum atomic E-state index is -1.21. The van der Waals surface area contributed by atoms with E-state index in [1.54, 1.807) is 7.11 Å². The van der Waals surface area contributed by atoms with Gasteiger partial charge in [-0.3, -0.25) is 9.79 Å². The molecule has 8 fully saturated rings. The van der Waals surface area contributed by atoms with Crippen LogP contribution < -0.4 is 0 Å². The third-order valence-electron chi connectivity index (χ3n) is 14.4. The van der Waals surface area contributed by atoms with Gasteiger partial charge in [-0.05, 0) is 56.4 Å². The highest BCUT2D eigenvalue weighted by atomic mass is 16.7. The van der Waals surface area contributed by atoms with E-state index >= 15 is 0 Å². The van der Waals surface area contributed by atoms with Crippen LogP contribution in [0.1, 0.15) is 97.3 Å². The predicted octanol–water partition coefficient (Wildman–Crippen LogP) is 3.97. The first kappa shape index (κ1) is 35.1. The maximum Gasteiger partial charge on any atom is 0.212 e. The Morgan fingerprint density at radius 1 is 0.904 bits per heavy atom. The first-order valence-electron chi connectivity index (χ1n) is 20.4. The molecule has 12 heteroatoms. The fourth-order valence-electron chi connectivity index (χ4n) is 11.8. The second-order valence-electron chi connectivity index (χ2n) is 17.9. The molecule has 19 atom stereocenters. The molecule has 11 aliphatic rings. The molecule has 2 spiro atoms. The Balaban J connectivity index is 1.10. The van der Waals surface area contributed by atoms with Crippen LogP contribution in [0.2, 0.25) is 0 Å². The van der Waals surface area contributed by atoms with Crippen molar-refractivity contribution in [3.05, 3.63) is 12.2 Å². The molecule has 0 radical (unpaired) electrons. The Kier molecular flexibility index (Phi) is 8.87. The molecule has 0 amide bonds. The lowest BCUT2D eigenvalue weighted by molar-refractivity contribution is -0.330. The Bertz CT molecular complexity index is 1450. The lowest BCUT2D eigenvalue weighted by atomic mass is 9.75. The maximum atomic E-state index is 14.1.